The first-order valence-corrected chi connectivity index (χ1v) is 7.45. The van der Waals surface area contributed by atoms with Crippen LogP contribution in [0.4, 0.5) is 0 Å². The summed E-state index contributed by atoms with van der Waals surface area (Å²) < 4.78 is 0. The standard InChI is InChI=1S/C19H25N/c1-5-20-19(13-17-8-6-14(2)7-9-17)18-11-15(3)10-16(4)12-18/h6-12,19-20H,5,13H2,1-4H3. The van der Waals surface area contributed by atoms with E-state index in [0.717, 1.165) is 13.0 Å². The Balaban J connectivity index is 2.23. The molecule has 0 saturated carbocycles. The van der Waals surface area contributed by atoms with E-state index < -0.39 is 0 Å². The van der Waals surface area contributed by atoms with E-state index in [9.17, 15) is 0 Å². The highest BCUT2D eigenvalue weighted by Crippen LogP contribution is 2.21. The first-order valence-electron chi connectivity index (χ1n) is 7.45. The van der Waals surface area contributed by atoms with Crippen molar-refractivity contribution in [1.82, 2.24) is 5.32 Å². The predicted molar refractivity (Wildman–Crippen MR) is 87.2 cm³/mol. The van der Waals surface area contributed by atoms with E-state index in [1.54, 1.807) is 0 Å². The zero-order chi connectivity index (χ0) is 14.5. The molecule has 2 aromatic carbocycles. The predicted octanol–water partition coefficient (Wildman–Crippen LogP) is 4.51. The molecule has 0 aromatic heterocycles. The molecule has 0 aliphatic heterocycles. The minimum atomic E-state index is 0.390. The van der Waals surface area contributed by atoms with Gasteiger partial charge in [-0.3, -0.25) is 0 Å². The zero-order valence-corrected chi connectivity index (χ0v) is 13.0. The molecule has 0 radical (unpaired) electrons. The fraction of sp³-hybridized carbons (Fsp3) is 0.368. The molecule has 106 valence electrons. The first-order chi connectivity index (χ1) is 9.58. The molecule has 20 heavy (non-hydrogen) atoms. The van der Waals surface area contributed by atoms with Gasteiger partial charge < -0.3 is 5.32 Å². The molecule has 2 rings (SSSR count). The van der Waals surface area contributed by atoms with Gasteiger partial charge in [-0.2, -0.15) is 0 Å². The van der Waals surface area contributed by atoms with E-state index in [4.69, 9.17) is 0 Å². The monoisotopic (exact) mass is 267 g/mol. The topological polar surface area (TPSA) is 12.0 Å². The first kappa shape index (κ1) is 14.8. The molecule has 1 N–H and O–H groups in total. The smallest absolute Gasteiger partial charge is 0.0360 e. The maximum atomic E-state index is 3.62. The molecular formula is C19H25N. The largest absolute Gasteiger partial charge is 0.310 e. The summed E-state index contributed by atoms with van der Waals surface area (Å²) in [5.74, 6) is 0. The summed E-state index contributed by atoms with van der Waals surface area (Å²) in [7, 11) is 0. The van der Waals surface area contributed by atoms with Gasteiger partial charge in [-0.25, -0.2) is 0 Å². The summed E-state index contributed by atoms with van der Waals surface area (Å²) in [5.41, 5.74) is 6.78. The van der Waals surface area contributed by atoms with E-state index >= 15 is 0 Å². The van der Waals surface area contributed by atoms with Crippen LogP contribution >= 0.6 is 0 Å². The van der Waals surface area contributed by atoms with Crippen molar-refractivity contribution in [2.75, 3.05) is 6.54 Å². The maximum absolute atomic E-state index is 3.62. The number of benzene rings is 2. The number of aryl methyl sites for hydroxylation is 3. The lowest BCUT2D eigenvalue weighted by atomic mass is 9.95. The molecule has 0 aliphatic rings. The van der Waals surface area contributed by atoms with Crippen molar-refractivity contribution in [3.8, 4) is 0 Å². The average Bonchev–Trinajstić information content (AvgIpc) is 2.39. The van der Waals surface area contributed by atoms with Gasteiger partial charge in [-0.15, -0.1) is 0 Å². The van der Waals surface area contributed by atoms with E-state index in [-0.39, 0.29) is 0 Å². The van der Waals surface area contributed by atoms with Crippen LogP contribution in [0.3, 0.4) is 0 Å². The van der Waals surface area contributed by atoms with Crippen LogP contribution in [0.15, 0.2) is 42.5 Å². The van der Waals surface area contributed by atoms with Gasteiger partial charge in [-0.1, -0.05) is 66.1 Å². The molecule has 0 spiro atoms. The number of hydrogen-bond donors (Lipinski definition) is 1. The van der Waals surface area contributed by atoms with Crippen molar-refractivity contribution < 1.29 is 0 Å². The van der Waals surface area contributed by atoms with Crippen LogP contribution in [0.1, 0.15) is 40.8 Å². The van der Waals surface area contributed by atoms with Gasteiger partial charge in [0.2, 0.25) is 0 Å². The number of hydrogen-bond acceptors (Lipinski definition) is 1. The maximum Gasteiger partial charge on any atom is 0.0360 e. The molecule has 1 nitrogen and oxygen atoms in total. The van der Waals surface area contributed by atoms with E-state index in [0.29, 0.717) is 6.04 Å². The van der Waals surface area contributed by atoms with Gasteiger partial charge >= 0.3 is 0 Å². The fourth-order valence-corrected chi connectivity index (χ4v) is 2.73. The minimum Gasteiger partial charge on any atom is -0.310 e. The Hall–Kier alpha value is -1.60. The van der Waals surface area contributed by atoms with E-state index in [2.05, 4.69) is 75.5 Å². The lowest BCUT2D eigenvalue weighted by Gasteiger charge is -2.20. The second-order valence-corrected chi connectivity index (χ2v) is 5.72. The quantitative estimate of drug-likeness (QED) is 0.840. The summed E-state index contributed by atoms with van der Waals surface area (Å²) in [6, 6.07) is 16.1. The zero-order valence-electron chi connectivity index (χ0n) is 13.0. The molecule has 0 fully saturated rings. The van der Waals surface area contributed by atoms with Gasteiger partial charge in [0, 0.05) is 6.04 Å². The lowest BCUT2D eigenvalue weighted by molar-refractivity contribution is 0.549. The van der Waals surface area contributed by atoms with Gasteiger partial charge in [0.15, 0.2) is 0 Å². The van der Waals surface area contributed by atoms with Crippen LogP contribution in [-0.2, 0) is 6.42 Å². The third-order valence-electron chi connectivity index (χ3n) is 3.66. The van der Waals surface area contributed by atoms with Crippen LogP contribution < -0.4 is 5.32 Å². The third kappa shape index (κ3) is 3.94. The van der Waals surface area contributed by atoms with Crippen molar-refractivity contribution in [3.05, 3.63) is 70.3 Å². The third-order valence-corrected chi connectivity index (χ3v) is 3.66. The minimum absolute atomic E-state index is 0.390. The molecular weight excluding hydrogens is 242 g/mol. The van der Waals surface area contributed by atoms with Crippen LogP contribution in [0, 0.1) is 20.8 Å². The average molecular weight is 267 g/mol. The molecule has 1 heteroatoms. The molecule has 0 saturated heterocycles. The van der Waals surface area contributed by atoms with Gasteiger partial charge in [0.05, 0.1) is 0 Å². The number of nitrogens with one attached hydrogen (secondary N) is 1. The summed E-state index contributed by atoms with van der Waals surface area (Å²) in [6.45, 7) is 9.64. The highest BCUT2D eigenvalue weighted by atomic mass is 14.9. The van der Waals surface area contributed by atoms with Gasteiger partial charge in [-0.05, 0) is 44.9 Å². The Kier molecular flexibility index (Phi) is 4.97. The summed E-state index contributed by atoms with van der Waals surface area (Å²) in [4.78, 5) is 0. The summed E-state index contributed by atoms with van der Waals surface area (Å²) >= 11 is 0. The molecule has 0 amide bonds. The summed E-state index contributed by atoms with van der Waals surface area (Å²) in [5, 5.41) is 3.62. The van der Waals surface area contributed by atoms with Crippen LogP contribution in [0.25, 0.3) is 0 Å². The molecule has 0 heterocycles. The van der Waals surface area contributed by atoms with E-state index in [1.807, 2.05) is 0 Å². The molecule has 1 unspecified atom stereocenters. The highest BCUT2D eigenvalue weighted by Gasteiger charge is 2.12. The Labute approximate surface area is 123 Å². The fourth-order valence-electron chi connectivity index (χ4n) is 2.73. The molecule has 0 bridgehead atoms. The van der Waals surface area contributed by atoms with Crippen molar-refractivity contribution in [1.29, 1.82) is 0 Å². The van der Waals surface area contributed by atoms with Crippen LogP contribution in [0.5, 0.6) is 0 Å². The van der Waals surface area contributed by atoms with E-state index in [1.165, 1.54) is 27.8 Å². The Bertz CT molecular complexity index is 534. The second kappa shape index (κ2) is 6.71. The van der Waals surface area contributed by atoms with Crippen LogP contribution in [-0.4, -0.2) is 6.54 Å². The number of rotatable bonds is 5. The SMILES string of the molecule is CCNC(Cc1ccc(C)cc1)c1cc(C)cc(C)c1. The van der Waals surface area contributed by atoms with Crippen LogP contribution in [0.2, 0.25) is 0 Å². The Morgan fingerprint density at radius 1 is 0.850 bits per heavy atom. The van der Waals surface area contributed by atoms with Gasteiger partial charge in [0.25, 0.3) is 0 Å². The summed E-state index contributed by atoms with van der Waals surface area (Å²) in [6.07, 6.45) is 1.04. The Morgan fingerprint density at radius 3 is 2.00 bits per heavy atom. The van der Waals surface area contributed by atoms with Crippen molar-refractivity contribution in [3.63, 3.8) is 0 Å². The highest BCUT2D eigenvalue weighted by molar-refractivity contribution is 5.32. The van der Waals surface area contributed by atoms with Gasteiger partial charge in [0.1, 0.15) is 0 Å². The normalized spacial score (nSPS) is 12.4. The second-order valence-electron chi connectivity index (χ2n) is 5.72. The molecule has 2 aromatic rings. The Morgan fingerprint density at radius 2 is 1.45 bits per heavy atom. The molecule has 1 atom stereocenters. The van der Waals surface area contributed by atoms with Crippen molar-refractivity contribution >= 4 is 0 Å². The molecule has 0 aliphatic carbocycles. The van der Waals surface area contributed by atoms with Crippen molar-refractivity contribution in [2.24, 2.45) is 0 Å². The lowest BCUT2D eigenvalue weighted by Crippen LogP contribution is -2.23. The van der Waals surface area contributed by atoms with Crippen molar-refractivity contribution in [2.45, 2.75) is 40.2 Å². The number of likely N-dealkylation sites (N-methyl/N-ethyl adjacent to an activating group) is 1.